The van der Waals surface area contributed by atoms with Crippen LogP contribution in [0, 0.1) is 0 Å². The summed E-state index contributed by atoms with van der Waals surface area (Å²) in [7, 11) is 5.79. The fourth-order valence-electron chi connectivity index (χ4n) is 2.89. The van der Waals surface area contributed by atoms with Crippen molar-refractivity contribution in [2.75, 3.05) is 34.4 Å². The molecule has 0 bridgehead atoms. The maximum atomic E-state index is 6.12. The van der Waals surface area contributed by atoms with Crippen molar-refractivity contribution in [3.05, 3.63) is 54.9 Å². The Hall–Kier alpha value is -2.79. The zero-order valence-electron chi connectivity index (χ0n) is 15.5. The first-order chi connectivity index (χ1) is 12.7. The zero-order valence-corrected chi connectivity index (χ0v) is 15.5. The molecule has 26 heavy (non-hydrogen) atoms. The molecular weight excluding hydrogens is 326 g/mol. The molecule has 0 aliphatic carbocycles. The monoisotopic (exact) mass is 351 g/mol. The quantitative estimate of drug-likeness (QED) is 0.621. The minimum Gasteiger partial charge on any atom is -0.493 e. The van der Waals surface area contributed by atoms with Crippen molar-refractivity contribution < 1.29 is 9.47 Å². The van der Waals surface area contributed by atoms with Gasteiger partial charge in [-0.05, 0) is 32.6 Å². The van der Waals surface area contributed by atoms with E-state index in [2.05, 4.69) is 41.1 Å². The van der Waals surface area contributed by atoms with Gasteiger partial charge in [-0.2, -0.15) is 0 Å². The summed E-state index contributed by atoms with van der Waals surface area (Å²) in [4.78, 5) is 9.93. The molecule has 3 aromatic rings. The van der Waals surface area contributed by atoms with Crippen LogP contribution < -0.4 is 9.47 Å². The molecule has 0 saturated heterocycles. The van der Waals surface area contributed by atoms with E-state index in [1.54, 1.807) is 13.4 Å². The van der Waals surface area contributed by atoms with Crippen LogP contribution in [-0.2, 0) is 0 Å². The fourth-order valence-corrected chi connectivity index (χ4v) is 2.89. The molecule has 5 nitrogen and oxygen atoms in total. The van der Waals surface area contributed by atoms with Crippen molar-refractivity contribution in [1.29, 1.82) is 0 Å². The third-order valence-electron chi connectivity index (χ3n) is 4.15. The van der Waals surface area contributed by atoms with Crippen LogP contribution in [0.1, 0.15) is 6.42 Å². The number of imidazole rings is 1. The van der Waals surface area contributed by atoms with Gasteiger partial charge in [0, 0.05) is 17.7 Å². The van der Waals surface area contributed by atoms with Gasteiger partial charge >= 0.3 is 0 Å². The van der Waals surface area contributed by atoms with E-state index < -0.39 is 0 Å². The molecule has 0 saturated carbocycles. The number of H-pyrrole nitrogens is 1. The molecule has 1 heterocycles. The summed E-state index contributed by atoms with van der Waals surface area (Å²) in [5.74, 6) is 1.47. The predicted octanol–water partition coefficient (Wildman–Crippen LogP) is 4.08. The first-order valence-corrected chi connectivity index (χ1v) is 8.74. The van der Waals surface area contributed by atoms with E-state index in [4.69, 9.17) is 9.47 Å². The van der Waals surface area contributed by atoms with Crippen LogP contribution in [0.25, 0.3) is 22.5 Å². The van der Waals surface area contributed by atoms with Crippen molar-refractivity contribution in [1.82, 2.24) is 14.9 Å². The highest BCUT2D eigenvalue weighted by Gasteiger charge is 2.18. The second-order valence-corrected chi connectivity index (χ2v) is 6.33. The number of hydrogen-bond acceptors (Lipinski definition) is 4. The predicted molar refractivity (Wildman–Crippen MR) is 105 cm³/mol. The SMILES string of the molecule is COc1cccc(-c2[nH]cnc2-c2ccccc2)c1OCCCN(C)C. The van der Waals surface area contributed by atoms with E-state index in [0.29, 0.717) is 6.61 Å². The number of nitrogens with one attached hydrogen (secondary N) is 1. The number of hydrogen-bond donors (Lipinski definition) is 1. The molecule has 0 radical (unpaired) electrons. The number of aromatic nitrogens is 2. The summed E-state index contributed by atoms with van der Waals surface area (Å²) in [6, 6.07) is 16.1. The minimum absolute atomic E-state index is 0.625. The topological polar surface area (TPSA) is 50.4 Å². The van der Waals surface area contributed by atoms with E-state index in [9.17, 15) is 0 Å². The smallest absolute Gasteiger partial charge is 0.170 e. The first kappa shape index (κ1) is 18.0. The van der Waals surface area contributed by atoms with Crippen LogP contribution in [-0.4, -0.2) is 49.2 Å². The molecule has 0 amide bonds. The van der Waals surface area contributed by atoms with Crippen LogP contribution in [0.4, 0.5) is 0 Å². The number of methoxy groups -OCH3 is 1. The van der Waals surface area contributed by atoms with Crippen molar-refractivity contribution in [2.45, 2.75) is 6.42 Å². The van der Waals surface area contributed by atoms with E-state index in [0.717, 1.165) is 47.0 Å². The average Bonchev–Trinajstić information content (AvgIpc) is 3.15. The van der Waals surface area contributed by atoms with Gasteiger partial charge < -0.3 is 19.4 Å². The lowest BCUT2D eigenvalue weighted by Crippen LogP contribution is -2.15. The highest BCUT2D eigenvalue weighted by Crippen LogP contribution is 2.40. The molecule has 0 spiro atoms. The molecule has 0 unspecified atom stereocenters. The van der Waals surface area contributed by atoms with Crippen LogP contribution in [0.2, 0.25) is 0 Å². The normalized spacial score (nSPS) is 10.9. The van der Waals surface area contributed by atoms with Gasteiger partial charge in [-0.1, -0.05) is 36.4 Å². The molecule has 0 fully saturated rings. The van der Waals surface area contributed by atoms with Gasteiger partial charge in [0.15, 0.2) is 11.5 Å². The number of ether oxygens (including phenoxy) is 2. The Bertz CT molecular complexity index is 828. The lowest BCUT2D eigenvalue weighted by atomic mass is 10.0. The summed E-state index contributed by atoms with van der Waals surface area (Å²) >= 11 is 0. The number of rotatable bonds is 8. The van der Waals surface area contributed by atoms with Crippen LogP contribution in [0.5, 0.6) is 11.5 Å². The van der Waals surface area contributed by atoms with Gasteiger partial charge in [0.2, 0.25) is 0 Å². The highest BCUT2D eigenvalue weighted by atomic mass is 16.5. The second-order valence-electron chi connectivity index (χ2n) is 6.33. The molecule has 0 aliphatic heterocycles. The average molecular weight is 351 g/mol. The van der Waals surface area contributed by atoms with Gasteiger partial charge in [-0.3, -0.25) is 0 Å². The lowest BCUT2D eigenvalue weighted by Gasteiger charge is -2.16. The van der Waals surface area contributed by atoms with Gasteiger partial charge in [0.05, 0.1) is 31.4 Å². The molecule has 0 aliphatic rings. The van der Waals surface area contributed by atoms with Crippen LogP contribution >= 0.6 is 0 Å². The molecule has 2 aromatic carbocycles. The van der Waals surface area contributed by atoms with Gasteiger partial charge in [-0.15, -0.1) is 0 Å². The van der Waals surface area contributed by atoms with E-state index in [-0.39, 0.29) is 0 Å². The van der Waals surface area contributed by atoms with Crippen LogP contribution in [0.15, 0.2) is 54.9 Å². The second kappa shape index (κ2) is 8.54. The summed E-state index contributed by atoms with van der Waals surface area (Å²) < 4.78 is 11.7. The Labute approximate surface area is 154 Å². The number of para-hydroxylation sites is 1. The molecule has 5 heteroatoms. The molecule has 1 N–H and O–H groups in total. The van der Waals surface area contributed by atoms with Crippen molar-refractivity contribution in [2.24, 2.45) is 0 Å². The van der Waals surface area contributed by atoms with Crippen LogP contribution in [0.3, 0.4) is 0 Å². The highest BCUT2D eigenvalue weighted by molar-refractivity contribution is 5.82. The van der Waals surface area contributed by atoms with Gasteiger partial charge in [-0.25, -0.2) is 4.98 Å². The third kappa shape index (κ3) is 4.06. The molecular formula is C21H25N3O2. The Morgan fingerprint density at radius 3 is 2.58 bits per heavy atom. The van der Waals surface area contributed by atoms with Crippen molar-refractivity contribution in [3.63, 3.8) is 0 Å². The van der Waals surface area contributed by atoms with Gasteiger partial charge in [0.1, 0.15) is 0 Å². The maximum absolute atomic E-state index is 6.12. The third-order valence-corrected chi connectivity index (χ3v) is 4.15. The van der Waals surface area contributed by atoms with E-state index in [1.165, 1.54) is 0 Å². The summed E-state index contributed by atoms with van der Waals surface area (Å²) in [6.07, 6.45) is 2.66. The number of aromatic amines is 1. The van der Waals surface area contributed by atoms with Crippen molar-refractivity contribution >= 4 is 0 Å². The standard InChI is InChI=1S/C21H25N3O2/c1-24(2)13-8-14-26-21-17(11-7-12-18(21)25-3)20-19(22-15-23-20)16-9-5-4-6-10-16/h4-7,9-12,15H,8,13-14H2,1-3H3,(H,22,23). The van der Waals surface area contributed by atoms with Gasteiger partial charge in [0.25, 0.3) is 0 Å². The molecule has 136 valence electrons. The Morgan fingerprint density at radius 2 is 1.85 bits per heavy atom. The molecule has 0 atom stereocenters. The van der Waals surface area contributed by atoms with Crippen molar-refractivity contribution in [3.8, 4) is 34.0 Å². The van der Waals surface area contributed by atoms with E-state index >= 15 is 0 Å². The Balaban J connectivity index is 1.94. The Morgan fingerprint density at radius 1 is 1.04 bits per heavy atom. The fraction of sp³-hybridized carbons (Fsp3) is 0.286. The first-order valence-electron chi connectivity index (χ1n) is 8.74. The van der Waals surface area contributed by atoms with E-state index in [1.807, 2.05) is 36.4 Å². The molecule has 1 aromatic heterocycles. The maximum Gasteiger partial charge on any atom is 0.170 e. The lowest BCUT2D eigenvalue weighted by molar-refractivity contribution is 0.269. The largest absolute Gasteiger partial charge is 0.493 e. The molecule has 3 rings (SSSR count). The zero-order chi connectivity index (χ0) is 18.4. The summed E-state index contributed by atoms with van der Waals surface area (Å²) in [5, 5.41) is 0. The summed E-state index contributed by atoms with van der Waals surface area (Å²) in [6.45, 7) is 1.60. The number of nitrogens with zero attached hydrogens (tertiary/aromatic N) is 2. The minimum atomic E-state index is 0.625. The summed E-state index contributed by atoms with van der Waals surface area (Å²) in [5.41, 5.74) is 3.84. The Kier molecular flexibility index (Phi) is 5.92. The number of benzene rings is 2.